The van der Waals surface area contributed by atoms with Crippen molar-refractivity contribution in [1.82, 2.24) is 4.98 Å². The maximum atomic E-state index is 4.43. The standard InChI is InChI=1S/C18H17N2/c1-14-9-10-15(17-7-3-5-11-19-17)13-16(14)18-8-4-6-12-20(18)2/h3-13H,1-2H3/q+1. The molecule has 0 aliphatic carbocycles. The topological polar surface area (TPSA) is 16.8 Å². The first-order valence-electron chi connectivity index (χ1n) is 6.73. The van der Waals surface area contributed by atoms with Crippen molar-refractivity contribution in [3.8, 4) is 22.5 Å². The number of aryl methyl sites for hydroxylation is 2. The normalized spacial score (nSPS) is 10.5. The third kappa shape index (κ3) is 2.32. The van der Waals surface area contributed by atoms with Crippen molar-refractivity contribution < 1.29 is 4.57 Å². The Labute approximate surface area is 119 Å². The quantitative estimate of drug-likeness (QED) is 0.645. The molecule has 2 aromatic heterocycles. The summed E-state index contributed by atoms with van der Waals surface area (Å²) in [4.78, 5) is 4.43. The average Bonchev–Trinajstić information content (AvgIpc) is 2.49. The van der Waals surface area contributed by atoms with Crippen LogP contribution in [0.5, 0.6) is 0 Å². The first-order chi connectivity index (χ1) is 9.75. The van der Waals surface area contributed by atoms with Gasteiger partial charge in [0.15, 0.2) is 6.20 Å². The van der Waals surface area contributed by atoms with Crippen LogP contribution in [0, 0.1) is 6.92 Å². The number of aromatic nitrogens is 2. The molecule has 0 saturated heterocycles. The fourth-order valence-electron chi connectivity index (χ4n) is 2.39. The zero-order chi connectivity index (χ0) is 13.9. The van der Waals surface area contributed by atoms with Crippen LogP contribution in [0.2, 0.25) is 0 Å². The van der Waals surface area contributed by atoms with Crippen LogP contribution in [0.15, 0.2) is 67.0 Å². The van der Waals surface area contributed by atoms with Gasteiger partial charge >= 0.3 is 0 Å². The van der Waals surface area contributed by atoms with Crippen molar-refractivity contribution in [2.75, 3.05) is 0 Å². The van der Waals surface area contributed by atoms with Gasteiger partial charge in [-0.2, -0.15) is 0 Å². The smallest absolute Gasteiger partial charge is 0.212 e. The van der Waals surface area contributed by atoms with Crippen molar-refractivity contribution in [3.05, 3.63) is 72.6 Å². The minimum absolute atomic E-state index is 1.01. The van der Waals surface area contributed by atoms with Gasteiger partial charge in [0.1, 0.15) is 7.05 Å². The Balaban J connectivity index is 2.15. The van der Waals surface area contributed by atoms with Crippen molar-refractivity contribution in [3.63, 3.8) is 0 Å². The van der Waals surface area contributed by atoms with Crippen LogP contribution < -0.4 is 4.57 Å². The molecular weight excluding hydrogens is 244 g/mol. The molecule has 0 atom stereocenters. The second-order valence-corrected chi connectivity index (χ2v) is 4.94. The molecular formula is C18H17N2+. The predicted molar refractivity (Wildman–Crippen MR) is 81.0 cm³/mol. The van der Waals surface area contributed by atoms with Gasteiger partial charge in [0.25, 0.3) is 0 Å². The minimum Gasteiger partial charge on any atom is -0.256 e. The lowest BCUT2D eigenvalue weighted by atomic mass is 10.00. The lowest BCUT2D eigenvalue weighted by Gasteiger charge is -2.07. The average molecular weight is 261 g/mol. The third-order valence-electron chi connectivity index (χ3n) is 3.53. The van der Waals surface area contributed by atoms with E-state index in [9.17, 15) is 0 Å². The van der Waals surface area contributed by atoms with Crippen molar-refractivity contribution >= 4 is 0 Å². The summed E-state index contributed by atoms with van der Waals surface area (Å²) in [5.41, 5.74) is 5.88. The zero-order valence-electron chi connectivity index (χ0n) is 11.7. The summed E-state index contributed by atoms with van der Waals surface area (Å²) in [5.74, 6) is 0. The monoisotopic (exact) mass is 261 g/mol. The van der Waals surface area contributed by atoms with E-state index >= 15 is 0 Å². The Bertz CT molecular complexity index is 733. The van der Waals surface area contributed by atoms with Crippen LogP contribution in [0.4, 0.5) is 0 Å². The van der Waals surface area contributed by atoms with E-state index in [2.05, 4.69) is 60.1 Å². The van der Waals surface area contributed by atoms with E-state index in [0.29, 0.717) is 0 Å². The predicted octanol–water partition coefficient (Wildman–Crippen LogP) is 3.55. The van der Waals surface area contributed by atoms with Gasteiger partial charge in [-0.15, -0.1) is 0 Å². The van der Waals surface area contributed by atoms with E-state index in [1.165, 1.54) is 16.8 Å². The second-order valence-electron chi connectivity index (χ2n) is 4.94. The molecule has 0 fully saturated rings. The highest BCUT2D eigenvalue weighted by Crippen LogP contribution is 2.26. The summed E-state index contributed by atoms with van der Waals surface area (Å²) < 4.78 is 2.14. The van der Waals surface area contributed by atoms with Crippen molar-refractivity contribution in [1.29, 1.82) is 0 Å². The molecule has 0 aliphatic heterocycles. The largest absolute Gasteiger partial charge is 0.256 e. The number of benzene rings is 1. The van der Waals surface area contributed by atoms with Crippen LogP contribution >= 0.6 is 0 Å². The van der Waals surface area contributed by atoms with Crippen LogP contribution in [0.3, 0.4) is 0 Å². The lowest BCUT2D eigenvalue weighted by molar-refractivity contribution is -0.660. The fraction of sp³-hybridized carbons (Fsp3) is 0.111. The van der Waals surface area contributed by atoms with Crippen LogP contribution in [-0.4, -0.2) is 4.98 Å². The van der Waals surface area contributed by atoms with Crippen molar-refractivity contribution in [2.24, 2.45) is 7.05 Å². The molecule has 3 aromatic rings. The molecule has 2 heterocycles. The molecule has 0 unspecified atom stereocenters. The Morgan fingerprint density at radius 2 is 1.80 bits per heavy atom. The van der Waals surface area contributed by atoms with Gasteiger partial charge in [-0.3, -0.25) is 4.98 Å². The number of hydrogen-bond donors (Lipinski definition) is 0. The minimum atomic E-state index is 1.01. The molecule has 0 bridgehead atoms. The van der Waals surface area contributed by atoms with Gasteiger partial charge < -0.3 is 0 Å². The van der Waals surface area contributed by atoms with Gasteiger partial charge in [-0.25, -0.2) is 4.57 Å². The molecule has 0 saturated carbocycles. The van der Waals surface area contributed by atoms with Crippen LogP contribution in [0.25, 0.3) is 22.5 Å². The van der Waals surface area contributed by atoms with Gasteiger partial charge in [0, 0.05) is 29.5 Å². The SMILES string of the molecule is Cc1ccc(-c2ccccn2)cc1-c1cccc[n+]1C. The first kappa shape index (κ1) is 12.5. The maximum Gasteiger partial charge on any atom is 0.212 e. The van der Waals surface area contributed by atoms with Gasteiger partial charge in [-0.05, 0) is 36.8 Å². The molecule has 2 nitrogen and oxygen atoms in total. The van der Waals surface area contributed by atoms with Crippen LogP contribution in [-0.2, 0) is 7.05 Å². The Kier molecular flexibility index (Phi) is 3.30. The van der Waals surface area contributed by atoms with E-state index in [1.54, 1.807) is 0 Å². The molecule has 0 amide bonds. The van der Waals surface area contributed by atoms with E-state index < -0.39 is 0 Å². The second kappa shape index (κ2) is 5.25. The third-order valence-corrected chi connectivity index (χ3v) is 3.53. The molecule has 1 aromatic carbocycles. The highest BCUT2D eigenvalue weighted by Gasteiger charge is 2.12. The lowest BCUT2D eigenvalue weighted by Crippen LogP contribution is -2.30. The Morgan fingerprint density at radius 3 is 2.55 bits per heavy atom. The van der Waals surface area contributed by atoms with Gasteiger partial charge in [-0.1, -0.05) is 18.2 Å². The highest BCUT2D eigenvalue weighted by atomic mass is 14.9. The maximum absolute atomic E-state index is 4.43. The van der Waals surface area contributed by atoms with E-state index in [-0.39, 0.29) is 0 Å². The zero-order valence-corrected chi connectivity index (χ0v) is 11.7. The summed E-state index contributed by atoms with van der Waals surface area (Å²) in [6, 6.07) is 18.8. The molecule has 0 spiro atoms. The summed E-state index contributed by atoms with van der Waals surface area (Å²) in [7, 11) is 2.07. The summed E-state index contributed by atoms with van der Waals surface area (Å²) in [6.45, 7) is 2.14. The van der Waals surface area contributed by atoms with Crippen molar-refractivity contribution in [2.45, 2.75) is 6.92 Å². The number of hydrogen-bond acceptors (Lipinski definition) is 1. The van der Waals surface area contributed by atoms with Gasteiger partial charge in [0.05, 0.1) is 5.69 Å². The number of pyridine rings is 2. The first-order valence-corrected chi connectivity index (χ1v) is 6.73. The Morgan fingerprint density at radius 1 is 0.950 bits per heavy atom. The van der Waals surface area contributed by atoms with Crippen LogP contribution in [0.1, 0.15) is 5.56 Å². The molecule has 98 valence electrons. The summed E-state index contributed by atoms with van der Waals surface area (Å²) >= 11 is 0. The molecule has 0 N–H and O–H groups in total. The number of nitrogens with zero attached hydrogens (tertiary/aromatic N) is 2. The molecule has 3 rings (SSSR count). The highest BCUT2D eigenvalue weighted by molar-refractivity contribution is 5.70. The summed E-state index contributed by atoms with van der Waals surface area (Å²) in [5, 5.41) is 0. The molecule has 0 radical (unpaired) electrons. The molecule has 20 heavy (non-hydrogen) atoms. The molecule has 2 heteroatoms. The van der Waals surface area contributed by atoms with E-state index in [4.69, 9.17) is 0 Å². The van der Waals surface area contributed by atoms with Gasteiger partial charge in [0.2, 0.25) is 5.69 Å². The Hall–Kier alpha value is -2.48. The molecule has 0 aliphatic rings. The summed E-state index contributed by atoms with van der Waals surface area (Å²) in [6.07, 6.45) is 3.90. The van der Waals surface area contributed by atoms with E-state index in [0.717, 1.165) is 11.3 Å². The fourth-order valence-corrected chi connectivity index (χ4v) is 2.39. The van der Waals surface area contributed by atoms with E-state index in [1.807, 2.05) is 30.5 Å². The number of rotatable bonds is 2.